The van der Waals surface area contributed by atoms with Crippen LogP contribution in [0.25, 0.3) is 0 Å². The van der Waals surface area contributed by atoms with Gasteiger partial charge < -0.3 is 14.7 Å². The summed E-state index contributed by atoms with van der Waals surface area (Å²) in [6, 6.07) is 13.5. The van der Waals surface area contributed by atoms with Crippen molar-refractivity contribution in [2.75, 3.05) is 19.8 Å². The Hall–Kier alpha value is -2.81. The number of amides is 1. The topological polar surface area (TPSA) is 73.3 Å². The number of carbonyl (C=O) groups excluding carboxylic acids is 2. The van der Waals surface area contributed by atoms with Crippen molar-refractivity contribution in [3.63, 3.8) is 0 Å². The van der Waals surface area contributed by atoms with E-state index in [1.807, 2.05) is 11.0 Å². The molecule has 2 aromatic rings. The summed E-state index contributed by atoms with van der Waals surface area (Å²) >= 11 is 1.80. The number of ketones is 1. The van der Waals surface area contributed by atoms with Crippen LogP contribution in [0.15, 0.2) is 59.6 Å². The molecular formula is C26H25N3O4S. The van der Waals surface area contributed by atoms with Crippen LogP contribution in [-0.4, -0.2) is 63.7 Å². The average Bonchev–Trinajstić information content (AvgIpc) is 3.61. The second-order valence-corrected chi connectivity index (χ2v) is 10.8. The molecule has 34 heavy (non-hydrogen) atoms. The minimum absolute atomic E-state index is 0.183. The monoisotopic (exact) mass is 475 g/mol. The molecule has 0 aromatic heterocycles. The number of aliphatic hydroxyl groups is 1. The number of nitrogens with zero attached hydrogens (tertiary/aromatic N) is 3. The number of hydrogen-bond donors (Lipinski definition) is 1. The molecule has 3 unspecified atom stereocenters. The van der Waals surface area contributed by atoms with Crippen molar-refractivity contribution in [3.8, 4) is 5.75 Å². The number of rotatable bonds is 0. The van der Waals surface area contributed by atoms with Gasteiger partial charge in [0.05, 0.1) is 19.3 Å². The molecule has 7 rings (SSSR count). The summed E-state index contributed by atoms with van der Waals surface area (Å²) in [7, 11) is 0. The Morgan fingerprint density at radius 3 is 2.85 bits per heavy atom. The van der Waals surface area contributed by atoms with Crippen LogP contribution in [0, 0.1) is 11.8 Å². The largest absolute Gasteiger partial charge is 0.493 e. The lowest BCUT2D eigenvalue weighted by Crippen LogP contribution is -2.68. The van der Waals surface area contributed by atoms with Gasteiger partial charge in [0, 0.05) is 35.0 Å². The van der Waals surface area contributed by atoms with Gasteiger partial charge in [0.25, 0.3) is 5.91 Å². The molecule has 174 valence electrons. The Morgan fingerprint density at radius 2 is 1.94 bits per heavy atom. The van der Waals surface area contributed by atoms with Gasteiger partial charge >= 0.3 is 0 Å². The maximum atomic E-state index is 13.6. The van der Waals surface area contributed by atoms with Crippen LogP contribution in [0.3, 0.4) is 0 Å². The molecule has 1 aliphatic carbocycles. The number of aliphatic hydroxyl groups excluding tert-OH is 1. The second kappa shape index (κ2) is 7.60. The number of carbonyl (C=O) groups is 2. The first kappa shape index (κ1) is 20.6. The summed E-state index contributed by atoms with van der Waals surface area (Å²) in [5, 5.41) is 14.8. The van der Waals surface area contributed by atoms with Gasteiger partial charge in [-0.1, -0.05) is 30.3 Å². The molecule has 4 aliphatic heterocycles. The molecule has 5 aliphatic rings. The lowest BCUT2D eigenvalue weighted by molar-refractivity contribution is -0.185. The Kier molecular flexibility index (Phi) is 4.59. The van der Waals surface area contributed by atoms with Gasteiger partial charge in [0.2, 0.25) is 0 Å². The molecule has 1 saturated heterocycles. The van der Waals surface area contributed by atoms with Crippen molar-refractivity contribution in [3.05, 3.63) is 71.4 Å². The molecule has 1 amide bonds. The maximum Gasteiger partial charge on any atom is 0.251 e. The highest BCUT2D eigenvalue weighted by molar-refractivity contribution is 7.98. The number of hydrogen-bond acceptors (Lipinski definition) is 7. The number of hydrazine groups is 1. The van der Waals surface area contributed by atoms with E-state index in [1.54, 1.807) is 23.0 Å². The van der Waals surface area contributed by atoms with Crippen LogP contribution in [0.2, 0.25) is 0 Å². The van der Waals surface area contributed by atoms with Crippen molar-refractivity contribution in [2.45, 2.75) is 35.3 Å². The number of thioether (sulfide) groups is 1. The lowest BCUT2D eigenvalue weighted by atomic mass is 9.92. The van der Waals surface area contributed by atoms with Gasteiger partial charge in [-0.05, 0) is 41.5 Å². The molecule has 7 nitrogen and oxygen atoms in total. The van der Waals surface area contributed by atoms with E-state index in [1.165, 1.54) is 16.5 Å². The molecule has 0 radical (unpaired) electrons. The molecular weight excluding hydrogens is 450 g/mol. The van der Waals surface area contributed by atoms with Gasteiger partial charge in [-0.2, -0.15) is 5.01 Å². The van der Waals surface area contributed by atoms with Crippen LogP contribution >= 0.6 is 11.8 Å². The lowest BCUT2D eigenvalue weighted by Gasteiger charge is -2.52. The zero-order valence-electron chi connectivity index (χ0n) is 18.5. The van der Waals surface area contributed by atoms with E-state index in [-0.39, 0.29) is 11.9 Å². The Bertz CT molecular complexity index is 1230. The third-order valence-corrected chi connectivity index (χ3v) is 8.88. The van der Waals surface area contributed by atoms with Crippen molar-refractivity contribution >= 4 is 23.5 Å². The van der Waals surface area contributed by atoms with E-state index in [9.17, 15) is 14.7 Å². The predicted molar refractivity (Wildman–Crippen MR) is 126 cm³/mol. The van der Waals surface area contributed by atoms with Crippen LogP contribution in [0.4, 0.5) is 0 Å². The third kappa shape index (κ3) is 3.05. The fraction of sp³-hybridized carbons (Fsp3) is 0.385. The summed E-state index contributed by atoms with van der Waals surface area (Å²) in [6.45, 7) is 1.64. The zero-order chi connectivity index (χ0) is 23.0. The van der Waals surface area contributed by atoms with Crippen molar-refractivity contribution in [1.82, 2.24) is 14.9 Å². The summed E-state index contributed by atoms with van der Waals surface area (Å²) in [6.07, 6.45) is 2.69. The van der Waals surface area contributed by atoms with E-state index in [0.29, 0.717) is 31.7 Å². The zero-order valence-corrected chi connectivity index (χ0v) is 19.4. The SMILES string of the molecule is O=C1C=CN2C(C(=O)N3C[C@@H]4C[C@@H]4COc4cccc5c4[C@@H](c4ccccc4SC5)N2C3)C1O. The molecule has 2 bridgehead atoms. The van der Waals surface area contributed by atoms with Crippen molar-refractivity contribution in [2.24, 2.45) is 11.8 Å². The highest BCUT2D eigenvalue weighted by Gasteiger charge is 2.51. The first-order chi connectivity index (χ1) is 16.6. The molecule has 2 fully saturated rings. The number of ether oxygens (including phenoxy) is 1. The van der Waals surface area contributed by atoms with Gasteiger partial charge in [-0.3, -0.25) is 14.6 Å². The van der Waals surface area contributed by atoms with Crippen LogP contribution < -0.4 is 4.74 Å². The highest BCUT2D eigenvalue weighted by atomic mass is 32.2. The Morgan fingerprint density at radius 1 is 1.06 bits per heavy atom. The number of fused-ring (bicyclic) bond motifs is 8. The van der Waals surface area contributed by atoms with E-state index in [4.69, 9.17) is 4.74 Å². The fourth-order valence-corrected chi connectivity index (χ4v) is 6.91. The molecule has 6 atom stereocenters. The molecule has 0 spiro atoms. The summed E-state index contributed by atoms with van der Waals surface area (Å²) in [5.74, 6) is 1.89. The standard InChI is InChI=1S/C26H25N3O4S/c30-19-8-9-28-24(25(19)31)26(32)27-11-16-10-17(16)12-33-20-6-3-4-15-13-34-21-7-2-1-5-18(21)23(22(15)20)29(28)14-27/h1-9,16-17,23-25,31H,10-14H2/t16-,17+,23+,24?,25?/m0/s1. The van der Waals surface area contributed by atoms with Crippen molar-refractivity contribution < 1.29 is 19.4 Å². The summed E-state index contributed by atoms with van der Waals surface area (Å²) in [5.41, 5.74) is 3.44. The number of benzene rings is 2. The molecule has 1 N–H and O–H groups in total. The van der Waals surface area contributed by atoms with Gasteiger partial charge in [0.15, 0.2) is 11.8 Å². The fourth-order valence-electron chi connectivity index (χ4n) is 5.83. The van der Waals surface area contributed by atoms with Gasteiger partial charge in [-0.15, -0.1) is 11.8 Å². The predicted octanol–water partition coefficient (Wildman–Crippen LogP) is 2.55. The third-order valence-electron chi connectivity index (χ3n) is 7.75. The highest BCUT2D eigenvalue weighted by Crippen LogP contribution is 2.49. The smallest absolute Gasteiger partial charge is 0.251 e. The first-order valence-corrected chi connectivity index (χ1v) is 12.8. The minimum Gasteiger partial charge on any atom is -0.493 e. The molecule has 1 saturated carbocycles. The molecule has 4 heterocycles. The molecule has 2 aromatic carbocycles. The summed E-state index contributed by atoms with van der Waals surface area (Å²) < 4.78 is 6.46. The van der Waals surface area contributed by atoms with E-state index in [2.05, 4.69) is 41.4 Å². The Labute approximate surface area is 201 Å². The van der Waals surface area contributed by atoms with Gasteiger partial charge in [-0.25, -0.2) is 0 Å². The van der Waals surface area contributed by atoms with Crippen molar-refractivity contribution in [1.29, 1.82) is 0 Å². The summed E-state index contributed by atoms with van der Waals surface area (Å²) in [4.78, 5) is 29.0. The maximum absolute atomic E-state index is 13.6. The van der Waals surface area contributed by atoms with E-state index in [0.717, 1.165) is 29.1 Å². The second-order valence-electron chi connectivity index (χ2n) is 9.75. The van der Waals surface area contributed by atoms with Gasteiger partial charge in [0.1, 0.15) is 11.9 Å². The quantitative estimate of drug-likeness (QED) is 0.628. The normalized spacial score (nSPS) is 33.4. The molecule has 8 heteroatoms. The van der Waals surface area contributed by atoms with E-state index < -0.39 is 17.9 Å². The van der Waals surface area contributed by atoms with Crippen LogP contribution in [-0.2, 0) is 15.3 Å². The first-order valence-electron chi connectivity index (χ1n) is 11.8. The average molecular weight is 476 g/mol. The minimum atomic E-state index is -1.38. The van der Waals surface area contributed by atoms with E-state index >= 15 is 0 Å². The Balaban J connectivity index is 1.47. The van der Waals surface area contributed by atoms with Crippen LogP contribution in [0.1, 0.15) is 29.2 Å². The van der Waals surface area contributed by atoms with Crippen LogP contribution in [0.5, 0.6) is 5.75 Å².